The van der Waals surface area contributed by atoms with Crippen LogP contribution in [0.1, 0.15) is 4.88 Å². The first-order chi connectivity index (χ1) is 8.72. The van der Waals surface area contributed by atoms with Gasteiger partial charge in [-0.2, -0.15) is 0 Å². The minimum atomic E-state index is 0.338. The lowest BCUT2D eigenvalue weighted by atomic mass is 10.3. The van der Waals surface area contributed by atoms with E-state index in [0.717, 1.165) is 13.0 Å². The van der Waals surface area contributed by atoms with E-state index in [1.807, 2.05) is 11.9 Å². The average Bonchev–Trinajstić information content (AvgIpc) is 2.88. The second-order valence-corrected chi connectivity index (χ2v) is 5.16. The monoisotopic (exact) mass is 283 g/mol. The van der Waals surface area contributed by atoms with Crippen LogP contribution in [0.3, 0.4) is 0 Å². The Balaban J connectivity index is 2.08. The number of halogens is 1. The van der Waals surface area contributed by atoms with Gasteiger partial charge in [0.15, 0.2) is 16.7 Å². The number of methoxy groups -OCH3 is 1. The zero-order valence-electron chi connectivity index (χ0n) is 10.3. The van der Waals surface area contributed by atoms with Gasteiger partial charge >= 0.3 is 0 Å². The number of aromatic nitrogens is 2. The highest BCUT2D eigenvalue weighted by Gasteiger charge is 2.14. The molecule has 0 unspecified atom stereocenters. The second-order valence-electron chi connectivity index (χ2n) is 3.77. The highest BCUT2D eigenvalue weighted by atomic mass is 35.5. The van der Waals surface area contributed by atoms with Gasteiger partial charge in [-0.05, 0) is 17.9 Å². The topological polar surface area (TPSA) is 38.3 Å². The summed E-state index contributed by atoms with van der Waals surface area (Å²) in [7, 11) is 3.54. The predicted molar refractivity (Wildman–Crippen MR) is 74.9 cm³/mol. The summed E-state index contributed by atoms with van der Waals surface area (Å²) in [6.45, 7) is 0.851. The molecule has 0 aromatic carbocycles. The second kappa shape index (κ2) is 6.02. The summed E-state index contributed by atoms with van der Waals surface area (Å²) >= 11 is 7.73. The maximum absolute atomic E-state index is 5.97. The van der Waals surface area contributed by atoms with Crippen LogP contribution in [0.2, 0.25) is 5.15 Å². The van der Waals surface area contributed by atoms with E-state index in [4.69, 9.17) is 16.3 Å². The normalized spacial score (nSPS) is 10.4. The van der Waals surface area contributed by atoms with E-state index in [1.165, 1.54) is 11.2 Å². The Labute approximate surface area is 115 Å². The van der Waals surface area contributed by atoms with Gasteiger partial charge in [0.1, 0.15) is 6.33 Å². The maximum atomic E-state index is 5.97. The van der Waals surface area contributed by atoms with Crippen LogP contribution in [0.15, 0.2) is 23.8 Å². The minimum Gasteiger partial charge on any atom is -0.490 e. The molecule has 2 rings (SSSR count). The van der Waals surface area contributed by atoms with Crippen molar-refractivity contribution in [3.8, 4) is 5.75 Å². The maximum Gasteiger partial charge on any atom is 0.199 e. The molecule has 0 radical (unpaired) electrons. The van der Waals surface area contributed by atoms with Crippen molar-refractivity contribution in [3.05, 3.63) is 33.9 Å². The van der Waals surface area contributed by atoms with Crippen LogP contribution in [-0.2, 0) is 6.42 Å². The van der Waals surface area contributed by atoms with Crippen LogP contribution >= 0.6 is 22.9 Å². The summed E-state index contributed by atoms with van der Waals surface area (Å²) in [6, 6.07) is 4.19. The third-order valence-electron chi connectivity index (χ3n) is 2.58. The lowest BCUT2D eigenvalue weighted by Gasteiger charge is -2.20. The fourth-order valence-electron chi connectivity index (χ4n) is 1.63. The van der Waals surface area contributed by atoms with E-state index >= 15 is 0 Å². The Hall–Kier alpha value is -1.33. The molecule has 4 nitrogen and oxygen atoms in total. The van der Waals surface area contributed by atoms with Crippen molar-refractivity contribution in [1.82, 2.24) is 9.97 Å². The van der Waals surface area contributed by atoms with Gasteiger partial charge in [0.25, 0.3) is 0 Å². The molecule has 0 fully saturated rings. The summed E-state index contributed by atoms with van der Waals surface area (Å²) in [5.74, 6) is 1.24. The molecule has 18 heavy (non-hydrogen) atoms. The van der Waals surface area contributed by atoms with Crippen LogP contribution in [0.25, 0.3) is 0 Å². The Morgan fingerprint density at radius 3 is 2.94 bits per heavy atom. The number of hydrogen-bond donors (Lipinski definition) is 0. The molecule has 0 bridgehead atoms. The van der Waals surface area contributed by atoms with Gasteiger partial charge < -0.3 is 9.64 Å². The van der Waals surface area contributed by atoms with Crippen molar-refractivity contribution in [2.24, 2.45) is 0 Å². The van der Waals surface area contributed by atoms with Gasteiger partial charge in [0.2, 0.25) is 0 Å². The molecule has 0 amide bonds. The SMILES string of the molecule is COc1c(Cl)ncnc1N(C)CCc1cccs1. The summed E-state index contributed by atoms with van der Waals surface area (Å²) in [6.07, 6.45) is 2.42. The zero-order chi connectivity index (χ0) is 13.0. The van der Waals surface area contributed by atoms with E-state index in [-0.39, 0.29) is 0 Å². The third kappa shape index (κ3) is 2.91. The van der Waals surface area contributed by atoms with Crippen molar-refractivity contribution in [2.45, 2.75) is 6.42 Å². The lowest BCUT2D eigenvalue weighted by molar-refractivity contribution is 0.411. The molecule has 0 aliphatic carbocycles. The molecule has 2 aromatic rings. The molecule has 6 heteroatoms. The molecule has 0 saturated carbocycles. The van der Waals surface area contributed by atoms with Gasteiger partial charge in [0, 0.05) is 18.5 Å². The summed E-state index contributed by atoms with van der Waals surface area (Å²) in [5, 5.41) is 2.42. The summed E-state index contributed by atoms with van der Waals surface area (Å²) < 4.78 is 5.24. The molecule has 0 saturated heterocycles. The van der Waals surface area contributed by atoms with E-state index in [2.05, 4.69) is 27.5 Å². The van der Waals surface area contributed by atoms with Crippen LogP contribution < -0.4 is 9.64 Å². The highest BCUT2D eigenvalue weighted by molar-refractivity contribution is 7.09. The number of rotatable bonds is 5. The highest BCUT2D eigenvalue weighted by Crippen LogP contribution is 2.30. The first kappa shape index (κ1) is 13.1. The van der Waals surface area contributed by atoms with E-state index in [0.29, 0.717) is 16.7 Å². The van der Waals surface area contributed by atoms with Crippen LogP contribution in [-0.4, -0.2) is 30.7 Å². The van der Waals surface area contributed by atoms with E-state index < -0.39 is 0 Å². The smallest absolute Gasteiger partial charge is 0.199 e. The van der Waals surface area contributed by atoms with Crippen molar-refractivity contribution in [2.75, 3.05) is 25.6 Å². The Kier molecular flexibility index (Phi) is 4.38. The third-order valence-corrected chi connectivity index (χ3v) is 3.79. The van der Waals surface area contributed by atoms with Gasteiger partial charge in [-0.3, -0.25) is 0 Å². The minimum absolute atomic E-state index is 0.338. The number of nitrogens with zero attached hydrogens (tertiary/aromatic N) is 3. The van der Waals surface area contributed by atoms with Crippen molar-refractivity contribution >= 4 is 28.8 Å². The molecule has 0 spiro atoms. The van der Waals surface area contributed by atoms with Gasteiger partial charge in [-0.1, -0.05) is 17.7 Å². The Morgan fingerprint density at radius 2 is 2.28 bits per heavy atom. The van der Waals surface area contributed by atoms with Crippen molar-refractivity contribution < 1.29 is 4.74 Å². The van der Waals surface area contributed by atoms with Crippen molar-refractivity contribution in [3.63, 3.8) is 0 Å². The average molecular weight is 284 g/mol. The van der Waals surface area contributed by atoms with Crippen LogP contribution in [0, 0.1) is 0 Å². The fourth-order valence-corrected chi connectivity index (χ4v) is 2.53. The van der Waals surface area contributed by atoms with Gasteiger partial charge in [-0.25, -0.2) is 9.97 Å². The van der Waals surface area contributed by atoms with Gasteiger partial charge in [0.05, 0.1) is 7.11 Å². The first-order valence-corrected chi connectivity index (χ1v) is 6.76. The molecule has 0 aliphatic heterocycles. The first-order valence-electron chi connectivity index (χ1n) is 5.50. The number of anilines is 1. The quantitative estimate of drug-likeness (QED) is 0.791. The van der Waals surface area contributed by atoms with Crippen LogP contribution in [0.5, 0.6) is 5.75 Å². The number of ether oxygens (including phenoxy) is 1. The molecular formula is C12H14ClN3OS. The zero-order valence-corrected chi connectivity index (χ0v) is 11.8. The number of likely N-dealkylation sites (N-methyl/N-ethyl adjacent to an activating group) is 1. The van der Waals surface area contributed by atoms with Crippen LogP contribution in [0.4, 0.5) is 5.82 Å². The lowest BCUT2D eigenvalue weighted by Crippen LogP contribution is -2.22. The standard InChI is InChI=1S/C12H14ClN3OS/c1-16(6-5-9-4-3-7-18-9)12-10(17-2)11(13)14-8-15-12/h3-4,7-8H,5-6H2,1-2H3. The van der Waals surface area contributed by atoms with E-state index in [1.54, 1.807) is 18.4 Å². The molecule has 2 heterocycles. The van der Waals surface area contributed by atoms with Gasteiger partial charge in [-0.15, -0.1) is 11.3 Å². The Morgan fingerprint density at radius 1 is 1.44 bits per heavy atom. The van der Waals surface area contributed by atoms with Crippen molar-refractivity contribution in [1.29, 1.82) is 0 Å². The number of hydrogen-bond acceptors (Lipinski definition) is 5. The predicted octanol–water partition coefficient (Wildman–Crippen LogP) is 2.88. The number of thiophene rings is 1. The summed E-state index contributed by atoms with van der Waals surface area (Å²) in [4.78, 5) is 11.5. The summed E-state index contributed by atoms with van der Waals surface area (Å²) in [5.41, 5.74) is 0. The molecule has 0 N–H and O–H groups in total. The molecular weight excluding hydrogens is 270 g/mol. The molecule has 0 atom stereocenters. The molecule has 2 aromatic heterocycles. The van der Waals surface area contributed by atoms with E-state index in [9.17, 15) is 0 Å². The Bertz CT molecular complexity index is 504. The largest absolute Gasteiger partial charge is 0.490 e. The fraction of sp³-hybridized carbons (Fsp3) is 0.333. The molecule has 96 valence electrons. The molecule has 0 aliphatic rings.